The summed E-state index contributed by atoms with van der Waals surface area (Å²) in [5.41, 5.74) is 2.26. The molecule has 0 amide bonds. The quantitative estimate of drug-likeness (QED) is 0.863. The molecule has 0 unspecified atom stereocenters. The van der Waals surface area contributed by atoms with Gasteiger partial charge in [-0.3, -0.25) is 4.68 Å². The van der Waals surface area contributed by atoms with Crippen LogP contribution in [0.4, 0.5) is 5.69 Å². The number of halogens is 1. The molecule has 0 atom stereocenters. The second-order valence-corrected chi connectivity index (χ2v) is 5.02. The van der Waals surface area contributed by atoms with Crippen LogP contribution < -0.4 is 5.32 Å². The zero-order valence-corrected chi connectivity index (χ0v) is 11.8. The fraction of sp³-hybridized carbons (Fsp3) is 0.750. The van der Waals surface area contributed by atoms with Crippen LogP contribution in [0.1, 0.15) is 33.4 Å². The third kappa shape index (κ3) is 4.88. The lowest BCUT2D eigenvalue weighted by Gasteiger charge is -2.07. The van der Waals surface area contributed by atoms with Crippen molar-refractivity contribution in [3.05, 3.63) is 11.9 Å². The van der Waals surface area contributed by atoms with Gasteiger partial charge in [0.15, 0.2) is 0 Å². The first-order valence-corrected chi connectivity index (χ1v) is 5.77. The zero-order chi connectivity index (χ0) is 11.4. The summed E-state index contributed by atoms with van der Waals surface area (Å²) >= 11 is 0. The van der Waals surface area contributed by atoms with Gasteiger partial charge in [-0.2, -0.15) is 5.10 Å². The van der Waals surface area contributed by atoms with Gasteiger partial charge in [-0.15, -0.1) is 12.4 Å². The minimum atomic E-state index is 0. The van der Waals surface area contributed by atoms with E-state index in [0.29, 0.717) is 11.8 Å². The van der Waals surface area contributed by atoms with E-state index in [4.69, 9.17) is 0 Å². The third-order valence-corrected chi connectivity index (χ3v) is 2.20. The van der Waals surface area contributed by atoms with Crippen LogP contribution in [0.25, 0.3) is 0 Å². The third-order valence-electron chi connectivity index (χ3n) is 2.20. The molecule has 3 nitrogen and oxygen atoms in total. The standard InChI is InChI=1S/C12H23N3.ClH/c1-9(2)6-13-12-8-15(7-10(3)4)14-11(12)5;/h8-10,13H,6-7H2,1-5H3;1H. The Hall–Kier alpha value is -0.700. The molecule has 1 aromatic heterocycles. The lowest BCUT2D eigenvalue weighted by Crippen LogP contribution is -2.08. The van der Waals surface area contributed by atoms with E-state index in [1.807, 2.05) is 4.68 Å². The Balaban J connectivity index is 0.00000225. The van der Waals surface area contributed by atoms with E-state index in [1.165, 1.54) is 5.69 Å². The monoisotopic (exact) mass is 245 g/mol. The van der Waals surface area contributed by atoms with E-state index in [0.717, 1.165) is 18.8 Å². The number of nitrogens with one attached hydrogen (secondary N) is 1. The van der Waals surface area contributed by atoms with Crippen LogP contribution in [0.5, 0.6) is 0 Å². The van der Waals surface area contributed by atoms with Crippen LogP contribution in [0.3, 0.4) is 0 Å². The average molecular weight is 246 g/mol. The summed E-state index contributed by atoms with van der Waals surface area (Å²) in [4.78, 5) is 0. The average Bonchev–Trinajstić information content (AvgIpc) is 2.41. The Bertz CT molecular complexity index is 305. The minimum Gasteiger partial charge on any atom is -0.382 e. The predicted octanol–water partition coefficient (Wildman–Crippen LogP) is 3.34. The molecule has 0 aliphatic heterocycles. The number of aryl methyl sites for hydroxylation is 1. The van der Waals surface area contributed by atoms with Crippen molar-refractivity contribution in [2.24, 2.45) is 11.8 Å². The largest absolute Gasteiger partial charge is 0.382 e. The topological polar surface area (TPSA) is 29.9 Å². The van der Waals surface area contributed by atoms with Crippen molar-refractivity contribution < 1.29 is 0 Å². The highest BCUT2D eigenvalue weighted by molar-refractivity contribution is 5.85. The van der Waals surface area contributed by atoms with Gasteiger partial charge >= 0.3 is 0 Å². The molecule has 0 saturated heterocycles. The molecular weight excluding hydrogens is 222 g/mol. The van der Waals surface area contributed by atoms with E-state index in [1.54, 1.807) is 0 Å². The molecule has 0 spiro atoms. The predicted molar refractivity (Wildman–Crippen MR) is 72.4 cm³/mol. The van der Waals surface area contributed by atoms with Crippen molar-refractivity contribution in [3.63, 3.8) is 0 Å². The minimum absolute atomic E-state index is 0. The second kappa shape index (κ2) is 6.79. The van der Waals surface area contributed by atoms with Crippen molar-refractivity contribution in [1.29, 1.82) is 0 Å². The Kier molecular flexibility index (Phi) is 6.49. The Morgan fingerprint density at radius 1 is 1.25 bits per heavy atom. The van der Waals surface area contributed by atoms with Crippen molar-refractivity contribution >= 4 is 18.1 Å². The van der Waals surface area contributed by atoms with E-state index >= 15 is 0 Å². The first kappa shape index (κ1) is 15.3. The highest BCUT2D eigenvalue weighted by Crippen LogP contribution is 2.13. The molecule has 1 heterocycles. The maximum Gasteiger partial charge on any atom is 0.0825 e. The first-order valence-electron chi connectivity index (χ1n) is 5.77. The highest BCUT2D eigenvalue weighted by Gasteiger charge is 2.05. The van der Waals surface area contributed by atoms with Crippen LogP contribution in [0, 0.1) is 18.8 Å². The number of anilines is 1. The van der Waals surface area contributed by atoms with Crippen molar-refractivity contribution in [1.82, 2.24) is 9.78 Å². The molecule has 94 valence electrons. The fourth-order valence-corrected chi connectivity index (χ4v) is 1.47. The zero-order valence-electron chi connectivity index (χ0n) is 10.9. The van der Waals surface area contributed by atoms with E-state index < -0.39 is 0 Å². The Morgan fingerprint density at radius 3 is 2.38 bits per heavy atom. The summed E-state index contributed by atoms with van der Waals surface area (Å²) in [6, 6.07) is 0. The summed E-state index contributed by atoms with van der Waals surface area (Å²) < 4.78 is 2.03. The molecule has 0 aliphatic carbocycles. The number of hydrogen-bond acceptors (Lipinski definition) is 2. The Morgan fingerprint density at radius 2 is 1.88 bits per heavy atom. The second-order valence-electron chi connectivity index (χ2n) is 5.02. The maximum atomic E-state index is 4.48. The lowest BCUT2D eigenvalue weighted by molar-refractivity contribution is 0.481. The SMILES string of the molecule is Cc1nn(CC(C)C)cc1NCC(C)C.Cl. The summed E-state index contributed by atoms with van der Waals surface area (Å²) in [5.74, 6) is 1.31. The summed E-state index contributed by atoms with van der Waals surface area (Å²) in [6.07, 6.45) is 2.11. The molecule has 0 aromatic carbocycles. The fourth-order valence-electron chi connectivity index (χ4n) is 1.47. The number of aromatic nitrogens is 2. The molecule has 16 heavy (non-hydrogen) atoms. The first-order chi connectivity index (χ1) is 6.99. The number of nitrogens with zero attached hydrogens (tertiary/aromatic N) is 2. The van der Waals surface area contributed by atoms with Gasteiger partial charge < -0.3 is 5.32 Å². The number of hydrogen-bond donors (Lipinski definition) is 1. The molecule has 4 heteroatoms. The Labute approximate surface area is 105 Å². The van der Waals surface area contributed by atoms with Crippen LogP contribution in [-0.2, 0) is 6.54 Å². The van der Waals surface area contributed by atoms with Gasteiger partial charge in [0.1, 0.15) is 0 Å². The molecule has 1 aromatic rings. The van der Waals surface area contributed by atoms with Gasteiger partial charge in [0.05, 0.1) is 11.4 Å². The van der Waals surface area contributed by atoms with Gasteiger partial charge in [-0.1, -0.05) is 27.7 Å². The molecule has 0 fully saturated rings. The molecule has 0 aliphatic rings. The van der Waals surface area contributed by atoms with Gasteiger partial charge in [0.2, 0.25) is 0 Å². The van der Waals surface area contributed by atoms with E-state index in [-0.39, 0.29) is 12.4 Å². The van der Waals surface area contributed by atoms with Crippen LogP contribution in [0.15, 0.2) is 6.20 Å². The van der Waals surface area contributed by atoms with Gasteiger partial charge in [0.25, 0.3) is 0 Å². The molecule has 0 radical (unpaired) electrons. The lowest BCUT2D eigenvalue weighted by atomic mass is 10.2. The smallest absolute Gasteiger partial charge is 0.0825 e. The summed E-state index contributed by atoms with van der Waals surface area (Å²) in [7, 11) is 0. The summed E-state index contributed by atoms with van der Waals surface area (Å²) in [6.45, 7) is 12.9. The molecule has 1 rings (SSSR count). The maximum absolute atomic E-state index is 4.48. The van der Waals surface area contributed by atoms with Gasteiger partial charge in [-0.25, -0.2) is 0 Å². The normalized spacial score (nSPS) is 10.7. The molecule has 1 N–H and O–H groups in total. The summed E-state index contributed by atoms with van der Waals surface area (Å²) in [5, 5.41) is 7.91. The van der Waals surface area contributed by atoms with E-state index in [9.17, 15) is 0 Å². The van der Waals surface area contributed by atoms with Crippen molar-refractivity contribution in [3.8, 4) is 0 Å². The highest BCUT2D eigenvalue weighted by atomic mass is 35.5. The molecule has 0 bridgehead atoms. The van der Waals surface area contributed by atoms with Crippen LogP contribution >= 0.6 is 12.4 Å². The van der Waals surface area contributed by atoms with Crippen molar-refractivity contribution in [2.75, 3.05) is 11.9 Å². The number of rotatable bonds is 5. The van der Waals surface area contributed by atoms with Crippen molar-refractivity contribution in [2.45, 2.75) is 41.2 Å². The van der Waals surface area contributed by atoms with Crippen LogP contribution in [-0.4, -0.2) is 16.3 Å². The van der Waals surface area contributed by atoms with Gasteiger partial charge in [-0.05, 0) is 18.8 Å². The molecule has 0 saturated carbocycles. The van der Waals surface area contributed by atoms with Gasteiger partial charge in [0, 0.05) is 19.3 Å². The van der Waals surface area contributed by atoms with Crippen LogP contribution in [0.2, 0.25) is 0 Å². The molecular formula is C12H24ClN3. The van der Waals surface area contributed by atoms with E-state index in [2.05, 4.69) is 51.2 Å².